The third kappa shape index (κ3) is 1.99. The predicted octanol–water partition coefficient (Wildman–Crippen LogP) is 1.44. The summed E-state index contributed by atoms with van der Waals surface area (Å²) in [5.41, 5.74) is 1.17. The molecule has 0 amide bonds. The standard InChI is InChI=1S/C13H10O3/c1-5-9-7-11(13(14)16-4)8-10(6-2)12(9)15-3/h1-2,7-8H,3-4H3. The number of terminal acetylenes is 2. The lowest BCUT2D eigenvalue weighted by Gasteiger charge is -2.08. The zero-order chi connectivity index (χ0) is 12.1. The summed E-state index contributed by atoms with van der Waals surface area (Å²) in [5, 5.41) is 0. The number of carbonyl (C=O) groups is 1. The van der Waals surface area contributed by atoms with Crippen LogP contribution < -0.4 is 4.74 Å². The number of hydrogen-bond donors (Lipinski definition) is 0. The van der Waals surface area contributed by atoms with Gasteiger partial charge in [0.05, 0.1) is 30.9 Å². The summed E-state index contributed by atoms with van der Waals surface area (Å²) >= 11 is 0. The van der Waals surface area contributed by atoms with Gasteiger partial charge in [-0.3, -0.25) is 0 Å². The van der Waals surface area contributed by atoms with Gasteiger partial charge >= 0.3 is 5.97 Å². The molecule has 0 saturated heterocycles. The van der Waals surface area contributed by atoms with Crippen molar-refractivity contribution in [3.8, 4) is 30.4 Å². The molecule has 0 aromatic heterocycles. The summed E-state index contributed by atoms with van der Waals surface area (Å²) in [6, 6.07) is 3.01. The number of hydrogen-bond acceptors (Lipinski definition) is 3. The largest absolute Gasteiger partial charge is 0.494 e. The Morgan fingerprint density at radius 2 is 1.69 bits per heavy atom. The Labute approximate surface area is 94.4 Å². The third-order valence-corrected chi connectivity index (χ3v) is 2.03. The van der Waals surface area contributed by atoms with Crippen molar-refractivity contribution in [3.05, 3.63) is 28.8 Å². The minimum atomic E-state index is -0.490. The quantitative estimate of drug-likeness (QED) is 0.552. The topological polar surface area (TPSA) is 35.5 Å². The second kappa shape index (κ2) is 4.91. The molecule has 0 unspecified atom stereocenters. The molecular formula is C13H10O3. The first kappa shape index (κ1) is 11.7. The lowest BCUT2D eigenvalue weighted by Crippen LogP contribution is -2.04. The molecule has 0 aliphatic carbocycles. The molecule has 16 heavy (non-hydrogen) atoms. The van der Waals surface area contributed by atoms with E-state index in [0.29, 0.717) is 22.4 Å². The summed E-state index contributed by atoms with van der Waals surface area (Å²) in [7, 11) is 2.76. The second-order valence-electron chi connectivity index (χ2n) is 2.88. The van der Waals surface area contributed by atoms with E-state index in [0.717, 1.165) is 0 Å². The maximum absolute atomic E-state index is 11.3. The van der Waals surface area contributed by atoms with E-state index in [4.69, 9.17) is 17.6 Å². The molecule has 0 N–H and O–H groups in total. The predicted molar refractivity (Wildman–Crippen MR) is 60.2 cm³/mol. The summed E-state index contributed by atoms with van der Waals surface area (Å²) in [4.78, 5) is 11.3. The van der Waals surface area contributed by atoms with Crippen LogP contribution in [-0.2, 0) is 4.74 Å². The van der Waals surface area contributed by atoms with Crippen molar-refractivity contribution in [2.75, 3.05) is 14.2 Å². The summed E-state index contributed by atoms with van der Waals surface area (Å²) in [6.45, 7) is 0. The van der Waals surface area contributed by atoms with Crippen LogP contribution in [0.3, 0.4) is 0 Å². The summed E-state index contributed by atoms with van der Waals surface area (Å²) < 4.78 is 9.68. The zero-order valence-corrected chi connectivity index (χ0v) is 9.03. The molecule has 3 nitrogen and oxygen atoms in total. The van der Waals surface area contributed by atoms with Crippen molar-refractivity contribution in [3.63, 3.8) is 0 Å². The number of rotatable bonds is 2. The maximum Gasteiger partial charge on any atom is 0.337 e. The highest BCUT2D eigenvalue weighted by molar-refractivity contribution is 5.91. The van der Waals surface area contributed by atoms with Crippen LogP contribution in [0, 0.1) is 24.7 Å². The van der Waals surface area contributed by atoms with Gasteiger partial charge in [0.15, 0.2) is 0 Å². The molecule has 0 radical (unpaired) electrons. The molecule has 1 aromatic rings. The van der Waals surface area contributed by atoms with Gasteiger partial charge in [0.2, 0.25) is 0 Å². The SMILES string of the molecule is C#Cc1cc(C(=O)OC)cc(C#C)c1OC. The fraction of sp³-hybridized carbons (Fsp3) is 0.154. The van der Waals surface area contributed by atoms with Gasteiger partial charge in [-0.15, -0.1) is 12.8 Å². The number of carbonyl (C=O) groups excluding carboxylic acids is 1. The third-order valence-electron chi connectivity index (χ3n) is 2.03. The van der Waals surface area contributed by atoms with E-state index in [1.54, 1.807) is 0 Å². The molecule has 1 aromatic carbocycles. The Bertz CT molecular complexity index is 466. The van der Waals surface area contributed by atoms with Crippen molar-refractivity contribution >= 4 is 5.97 Å². The molecule has 0 bridgehead atoms. The van der Waals surface area contributed by atoms with Gasteiger partial charge in [-0.2, -0.15) is 0 Å². The van der Waals surface area contributed by atoms with Crippen LogP contribution in [-0.4, -0.2) is 20.2 Å². The van der Waals surface area contributed by atoms with E-state index in [9.17, 15) is 4.79 Å². The highest BCUT2D eigenvalue weighted by atomic mass is 16.5. The Morgan fingerprint density at radius 1 is 1.19 bits per heavy atom. The van der Waals surface area contributed by atoms with E-state index in [1.807, 2.05) is 0 Å². The molecule has 0 aliphatic rings. The lowest BCUT2D eigenvalue weighted by atomic mass is 10.0. The average molecular weight is 214 g/mol. The number of esters is 1. The molecule has 0 fully saturated rings. The second-order valence-corrected chi connectivity index (χ2v) is 2.88. The maximum atomic E-state index is 11.3. The minimum absolute atomic E-state index is 0.309. The molecule has 0 spiro atoms. The van der Waals surface area contributed by atoms with Crippen LogP contribution >= 0.6 is 0 Å². The molecule has 0 aliphatic heterocycles. The van der Waals surface area contributed by atoms with Gasteiger partial charge in [-0.1, -0.05) is 11.8 Å². The summed E-state index contributed by atoms with van der Waals surface area (Å²) in [5.74, 6) is 4.75. The molecule has 0 heterocycles. The van der Waals surface area contributed by atoms with Crippen LogP contribution in [0.25, 0.3) is 0 Å². The van der Waals surface area contributed by atoms with E-state index >= 15 is 0 Å². The smallest absolute Gasteiger partial charge is 0.337 e. The van der Waals surface area contributed by atoms with Crippen LogP contribution in [0.1, 0.15) is 21.5 Å². The highest BCUT2D eigenvalue weighted by Gasteiger charge is 2.13. The Kier molecular flexibility index (Phi) is 3.58. The Hall–Kier alpha value is -2.39. The normalized spacial score (nSPS) is 8.75. The molecular weight excluding hydrogens is 204 g/mol. The van der Waals surface area contributed by atoms with Gasteiger partial charge in [-0.25, -0.2) is 4.79 Å². The number of benzene rings is 1. The van der Waals surface area contributed by atoms with Crippen molar-refractivity contribution in [2.24, 2.45) is 0 Å². The van der Waals surface area contributed by atoms with Crippen LogP contribution in [0.5, 0.6) is 5.75 Å². The highest BCUT2D eigenvalue weighted by Crippen LogP contribution is 2.24. The van der Waals surface area contributed by atoms with Gasteiger partial charge < -0.3 is 9.47 Å². The molecule has 0 saturated carbocycles. The van der Waals surface area contributed by atoms with E-state index < -0.39 is 5.97 Å². The van der Waals surface area contributed by atoms with E-state index in [1.165, 1.54) is 26.4 Å². The van der Waals surface area contributed by atoms with E-state index in [-0.39, 0.29) is 0 Å². The first-order chi connectivity index (χ1) is 7.67. The zero-order valence-electron chi connectivity index (χ0n) is 9.03. The lowest BCUT2D eigenvalue weighted by molar-refractivity contribution is 0.0600. The molecule has 3 heteroatoms. The van der Waals surface area contributed by atoms with Crippen LogP contribution in [0.15, 0.2) is 12.1 Å². The van der Waals surface area contributed by atoms with Crippen molar-refractivity contribution in [2.45, 2.75) is 0 Å². The fourth-order valence-electron chi connectivity index (χ4n) is 1.30. The van der Waals surface area contributed by atoms with Crippen molar-refractivity contribution in [1.82, 2.24) is 0 Å². The number of methoxy groups -OCH3 is 2. The monoisotopic (exact) mass is 214 g/mol. The van der Waals surface area contributed by atoms with Gasteiger partial charge in [0.1, 0.15) is 5.75 Å². The molecule has 1 rings (SSSR count). The van der Waals surface area contributed by atoms with Crippen molar-refractivity contribution < 1.29 is 14.3 Å². The molecule has 80 valence electrons. The van der Waals surface area contributed by atoms with Crippen LogP contribution in [0.2, 0.25) is 0 Å². The molecule has 0 atom stereocenters. The first-order valence-electron chi connectivity index (χ1n) is 4.41. The fourth-order valence-corrected chi connectivity index (χ4v) is 1.30. The van der Waals surface area contributed by atoms with Crippen molar-refractivity contribution in [1.29, 1.82) is 0 Å². The van der Waals surface area contributed by atoms with E-state index in [2.05, 4.69) is 16.6 Å². The van der Waals surface area contributed by atoms with Gasteiger partial charge in [0, 0.05) is 0 Å². The Morgan fingerprint density at radius 3 is 2.00 bits per heavy atom. The Balaban J connectivity index is 3.46. The van der Waals surface area contributed by atoms with Crippen LogP contribution in [0.4, 0.5) is 0 Å². The van der Waals surface area contributed by atoms with Gasteiger partial charge in [-0.05, 0) is 12.1 Å². The number of ether oxygens (including phenoxy) is 2. The summed E-state index contributed by atoms with van der Waals surface area (Å²) in [6.07, 6.45) is 10.6. The average Bonchev–Trinajstić information content (AvgIpc) is 2.35. The first-order valence-corrected chi connectivity index (χ1v) is 4.41. The minimum Gasteiger partial charge on any atom is -0.494 e. The van der Waals surface area contributed by atoms with Gasteiger partial charge in [0.25, 0.3) is 0 Å².